The fraction of sp³-hybridized carbons (Fsp3) is 0.294. The first-order chi connectivity index (χ1) is 9.70. The normalized spacial score (nSPS) is 10.8. The van der Waals surface area contributed by atoms with E-state index in [0.717, 1.165) is 28.3 Å². The van der Waals surface area contributed by atoms with E-state index in [9.17, 15) is 4.39 Å². The zero-order valence-electron chi connectivity index (χ0n) is 11.9. The maximum Gasteiger partial charge on any atom is 0.137 e. The van der Waals surface area contributed by atoms with Crippen LogP contribution < -0.4 is 5.32 Å². The van der Waals surface area contributed by atoms with Crippen LogP contribution in [0.15, 0.2) is 52.3 Å². The van der Waals surface area contributed by atoms with Crippen LogP contribution in [-0.4, -0.2) is 6.54 Å². The Balaban J connectivity index is 2.18. The van der Waals surface area contributed by atoms with Gasteiger partial charge < -0.3 is 5.32 Å². The Morgan fingerprint density at radius 3 is 2.55 bits per heavy atom. The molecule has 0 atom stereocenters. The van der Waals surface area contributed by atoms with Gasteiger partial charge >= 0.3 is 0 Å². The van der Waals surface area contributed by atoms with Crippen LogP contribution in [0, 0.1) is 12.7 Å². The van der Waals surface area contributed by atoms with Crippen LogP contribution in [0.4, 0.5) is 4.39 Å². The zero-order valence-corrected chi connectivity index (χ0v) is 12.8. The molecule has 0 radical (unpaired) electrons. The Labute approximate surface area is 124 Å². The van der Waals surface area contributed by atoms with Crippen molar-refractivity contribution < 1.29 is 4.39 Å². The Hall–Kier alpha value is -1.32. The Morgan fingerprint density at radius 1 is 1.10 bits per heavy atom. The third-order valence-corrected chi connectivity index (χ3v) is 4.20. The SMILES string of the molecule is CCCNCc1cccc(F)c1Sc1ccc(C)cc1. The van der Waals surface area contributed by atoms with Gasteiger partial charge in [0.05, 0.1) is 4.90 Å². The summed E-state index contributed by atoms with van der Waals surface area (Å²) in [5, 5.41) is 3.33. The highest BCUT2D eigenvalue weighted by Gasteiger charge is 2.09. The molecule has 0 bridgehead atoms. The van der Waals surface area contributed by atoms with E-state index in [4.69, 9.17) is 0 Å². The lowest BCUT2D eigenvalue weighted by Crippen LogP contribution is -2.14. The van der Waals surface area contributed by atoms with Gasteiger partial charge in [-0.1, -0.05) is 48.5 Å². The number of rotatable bonds is 6. The smallest absolute Gasteiger partial charge is 0.137 e. The molecule has 20 heavy (non-hydrogen) atoms. The first-order valence-electron chi connectivity index (χ1n) is 6.93. The topological polar surface area (TPSA) is 12.0 Å². The number of hydrogen-bond acceptors (Lipinski definition) is 2. The predicted molar refractivity (Wildman–Crippen MR) is 83.7 cm³/mol. The molecule has 0 spiro atoms. The van der Waals surface area contributed by atoms with Gasteiger partial charge in [0.15, 0.2) is 0 Å². The Kier molecular flexibility index (Phi) is 5.62. The van der Waals surface area contributed by atoms with Gasteiger partial charge in [-0.05, 0) is 43.7 Å². The molecule has 1 nitrogen and oxygen atoms in total. The van der Waals surface area contributed by atoms with Crippen LogP contribution in [0.2, 0.25) is 0 Å². The van der Waals surface area contributed by atoms with Gasteiger partial charge in [-0.25, -0.2) is 4.39 Å². The minimum atomic E-state index is -0.147. The van der Waals surface area contributed by atoms with E-state index in [1.54, 1.807) is 6.07 Å². The predicted octanol–water partition coefficient (Wildman–Crippen LogP) is 4.78. The average Bonchev–Trinajstić information content (AvgIpc) is 2.45. The lowest BCUT2D eigenvalue weighted by molar-refractivity contribution is 0.589. The second-order valence-corrected chi connectivity index (χ2v) is 5.90. The largest absolute Gasteiger partial charge is 0.313 e. The van der Waals surface area contributed by atoms with Gasteiger partial charge in [-0.15, -0.1) is 0 Å². The second kappa shape index (κ2) is 7.46. The van der Waals surface area contributed by atoms with Crippen LogP contribution in [-0.2, 0) is 6.54 Å². The molecule has 0 aromatic heterocycles. The van der Waals surface area contributed by atoms with E-state index in [0.29, 0.717) is 6.54 Å². The number of nitrogens with one attached hydrogen (secondary N) is 1. The first-order valence-corrected chi connectivity index (χ1v) is 7.75. The van der Waals surface area contributed by atoms with Gasteiger partial charge in [-0.3, -0.25) is 0 Å². The summed E-state index contributed by atoms with van der Waals surface area (Å²) >= 11 is 1.49. The van der Waals surface area contributed by atoms with Gasteiger partial charge in [0.1, 0.15) is 5.82 Å². The number of hydrogen-bond donors (Lipinski definition) is 1. The monoisotopic (exact) mass is 289 g/mol. The van der Waals surface area contributed by atoms with Gasteiger partial charge in [-0.2, -0.15) is 0 Å². The van der Waals surface area contributed by atoms with E-state index in [-0.39, 0.29) is 5.82 Å². The molecule has 2 rings (SSSR count). The van der Waals surface area contributed by atoms with E-state index < -0.39 is 0 Å². The maximum atomic E-state index is 14.1. The average molecular weight is 289 g/mol. The summed E-state index contributed by atoms with van der Waals surface area (Å²) in [7, 11) is 0. The third kappa shape index (κ3) is 4.09. The molecule has 2 aromatic carbocycles. The lowest BCUT2D eigenvalue weighted by Gasteiger charge is -2.11. The fourth-order valence-electron chi connectivity index (χ4n) is 1.93. The van der Waals surface area contributed by atoms with Crippen molar-refractivity contribution in [2.45, 2.75) is 36.6 Å². The molecule has 0 aliphatic carbocycles. The van der Waals surface area contributed by atoms with Crippen LogP contribution in [0.3, 0.4) is 0 Å². The summed E-state index contributed by atoms with van der Waals surface area (Å²) in [6, 6.07) is 13.5. The quantitative estimate of drug-likeness (QED) is 0.768. The van der Waals surface area contributed by atoms with Gasteiger partial charge in [0.25, 0.3) is 0 Å². The highest BCUT2D eigenvalue weighted by atomic mass is 32.2. The van der Waals surface area contributed by atoms with Crippen molar-refractivity contribution in [1.82, 2.24) is 5.32 Å². The van der Waals surface area contributed by atoms with Crippen LogP contribution in [0.1, 0.15) is 24.5 Å². The standard InChI is InChI=1S/C17H20FNS/c1-3-11-19-12-14-5-4-6-16(18)17(14)20-15-9-7-13(2)8-10-15/h4-10,19H,3,11-12H2,1-2H3. The minimum Gasteiger partial charge on any atom is -0.313 e. The summed E-state index contributed by atoms with van der Waals surface area (Å²) in [6.07, 6.45) is 1.08. The van der Waals surface area contributed by atoms with Crippen molar-refractivity contribution in [1.29, 1.82) is 0 Å². The molecular weight excluding hydrogens is 269 g/mol. The molecule has 0 aliphatic rings. The molecule has 0 unspecified atom stereocenters. The molecule has 0 heterocycles. The van der Waals surface area contributed by atoms with Crippen LogP contribution in [0.5, 0.6) is 0 Å². The van der Waals surface area contributed by atoms with Crippen molar-refractivity contribution in [3.63, 3.8) is 0 Å². The Morgan fingerprint density at radius 2 is 1.85 bits per heavy atom. The van der Waals surface area contributed by atoms with Crippen molar-refractivity contribution in [3.05, 3.63) is 59.4 Å². The molecule has 106 valence electrons. The van der Waals surface area contributed by atoms with Crippen LogP contribution >= 0.6 is 11.8 Å². The molecular formula is C17H20FNS. The van der Waals surface area contributed by atoms with Crippen molar-refractivity contribution in [3.8, 4) is 0 Å². The summed E-state index contributed by atoms with van der Waals surface area (Å²) < 4.78 is 14.1. The minimum absolute atomic E-state index is 0.147. The number of halogens is 1. The number of aryl methyl sites for hydroxylation is 1. The molecule has 0 aliphatic heterocycles. The van der Waals surface area contributed by atoms with E-state index in [1.165, 1.54) is 23.4 Å². The molecule has 3 heteroatoms. The van der Waals surface area contributed by atoms with Gasteiger partial charge in [0.2, 0.25) is 0 Å². The molecule has 2 aromatic rings. The Bertz CT molecular complexity index is 551. The van der Waals surface area contributed by atoms with Crippen molar-refractivity contribution in [2.24, 2.45) is 0 Å². The molecule has 0 amide bonds. The zero-order chi connectivity index (χ0) is 14.4. The van der Waals surface area contributed by atoms with Crippen LogP contribution in [0.25, 0.3) is 0 Å². The summed E-state index contributed by atoms with van der Waals surface area (Å²) in [5.74, 6) is -0.147. The first kappa shape index (κ1) is 15.1. The highest BCUT2D eigenvalue weighted by molar-refractivity contribution is 7.99. The third-order valence-electron chi connectivity index (χ3n) is 3.03. The second-order valence-electron chi connectivity index (χ2n) is 4.82. The molecule has 0 saturated heterocycles. The van der Waals surface area contributed by atoms with Crippen molar-refractivity contribution >= 4 is 11.8 Å². The van der Waals surface area contributed by atoms with Gasteiger partial charge in [0, 0.05) is 11.4 Å². The summed E-state index contributed by atoms with van der Waals surface area (Å²) in [6.45, 7) is 5.84. The highest BCUT2D eigenvalue weighted by Crippen LogP contribution is 2.32. The molecule has 0 saturated carbocycles. The van der Waals surface area contributed by atoms with E-state index in [1.807, 2.05) is 18.2 Å². The van der Waals surface area contributed by atoms with Crippen molar-refractivity contribution in [2.75, 3.05) is 6.54 Å². The van der Waals surface area contributed by atoms with E-state index >= 15 is 0 Å². The molecule has 0 fully saturated rings. The van der Waals surface area contributed by atoms with E-state index in [2.05, 4.69) is 31.3 Å². The summed E-state index contributed by atoms with van der Waals surface area (Å²) in [4.78, 5) is 1.79. The maximum absolute atomic E-state index is 14.1. The fourth-order valence-corrected chi connectivity index (χ4v) is 2.88. The summed E-state index contributed by atoms with van der Waals surface area (Å²) in [5.41, 5.74) is 2.23. The number of benzene rings is 2. The molecule has 1 N–H and O–H groups in total. The lowest BCUT2D eigenvalue weighted by atomic mass is 10.2.